The summed E-state index contributed by atoms with van der Waals surface area (Å²) in [6.45, 7) is 2.06. The quantitative estimate of drug-likeness (QED) is 0.308. The van der Waals surface area contributed by atoms with Gasteiger partial charge in [0.1, 0.15) is 5.82 Å². The van der Waals surface area contributed by atoms with Crippen LogP contribution in [0.4, 0.5) is 11.5 Å². The van der Waals surface area contributed by atoms with Crippen molar-refractivity contribution in [1.82, 2.24) is 4.98 Å². The SMILES string of the molecule is Cc1ccc(SCc2ccc(C(=O)Nc3ccc(S(=O)(=O)Nc4ccccn4)cc3)cc2)cc1. The molecule has 6 nitrogen and oxygen atoms in total. The van der Waals surface area contributed by atoms with E-state index in [0.29, 0.717) is 11.3 Å². The van der Waals surface area contributed by atoms with Gasteiger partial charge in [0, 0.05) is 28.1 Å². The number of carbonyl (C=O) groups is 1. The number of rotatable bonds is 8. The molecule has 8 heteroatoms. The summed E-state index contributed by atoms with van der Waals surface area (Å²) in [5.41, 5.74) is 3.38. The van der Waals surface area contributed by atoms with Crippen molar-refractivity contribution < 1.29 is 13.2 Å². The fourth-order valence-corrected chi connectivity index (χ4v) is 4.96. The maximum absolute atomic E-state index is 12.6. The monoisotopic (exact) mass is 489 g/mol. The Morgan fingerprint density at radius 2 is 1.59 bits per heavy atom. The number of aromatic nitrogens is 1. The number of hydrogen-bond donors (Lipinski definition) is 2. The van der Waals surface area contributed by atoms with Gasteiger partial charge in [0.25, 0.3) is 15.9 Å². The average molecular weight is 490 g/mol. The third kappa shape index (κ3) is 6.24. The first kappa shape index (κ1) is 23.5. The Balaban J connectivity index is 1.34. The van der Waals surface area contributed by atoms with Gasteiger partial charge in [-0.15, -0.1) is 11.8 Å². The molecular formula is C26H23N3O3S2. The minimum atomic E-state index is -3.77. The van der Waals surface area contributed by atoms with Crippen LogP contribution in [0.25, 0.3) is 0 Å². The average Bonchev–Trinajstić information content (AvgIpc) is 2.85. The third-order valence-electron chi connectivity index (χ3n) is 4.97. The van der Waals surface area contributed by atoms with E-state index in [4.69, 9.17) is 0 Å². The maximum Gasteiger partial charge on any atom is 0.263 e. The molecule has 0 saturated carbocycles. The number of carbonyl (C=O) groups excluding carboxylic acids is 1. The first-order valence-electron chi connectivity index (χ1n) is 10.5. The summed E-state index contributed by atoms with van der Waals surface area (Å²) in [4.78, 5) is 17.8. The van der Waals surface area contributed by atoms with Gasteiger partial charge in [-0.25, -0.2) is 13.4 Å². The Morgan fingerprint density at radius 3 is 2.24 bits per heavy atom. The van der Waals surface area contributed by atoms with Crippen LogP contribution in [0.15, 0.2) is 107 Å². The van der Waals surface area contributed by atoms with Crippen LogP contribution in [0.1, 0.15) is 21.5 Å². The summed E-state index contributed by atoms with van der Waals surface area (Å²) in [6.07, 6.45) is 1.51. The molecule has 0 unspecified atom stereocenters. The van der Waals surface area contributed by atoms with E-state index in [2.05, 4.69) is 46.2 Å². The molecule has 0 aliphatic heterocycles. The number of thioether (sulfide) groups is 1. The molecule has 0 fully saturated rings. The van der Waals surface area contributed by atoms with E-state index in [1.54, 1.807) is 54.2 Å². The zero-order valence-corrected chi connectivity index (χ0v) is 20.1. The molecule has 1 heterocycles. The van der Waals surface area contributed by atoms with Gasteiger partial charge >= 0.3 is 0 Å². The second-order valence-corrected chi connectivity index (χ2v) is 10.3. The first-order chi connectivity index (χ1) is 16.4. The summed E-state index contributed by atoms with van der Waals surface area (Å²) in [7, 11) is -3.77. The lowest BCUT2D eigenvalue weighted by molar-refractivity contribution is 0.102. The molecule has 0 aliphatic carbocycles. The van der Waals surface area contributed by atoms with Crippen molar-refractivity contribution in [3.63, 3.8) is 0 Å². The molecular weight excluding hydrogens is 466 g/mol. The smallest absolute Gasteiger partial charge is 0.263 e. The first-order valence-corrected chi connectivity index (χ1v) is 13.0. The van der Waals surface area contributed by atoms with Gasteiger partial charge in [0.2, 0.25) is 0 Å². The molecule has 4 rings (SSSR count). The van der Waals surface area contributed by atoms with E-state index in [9.17, 15) is 13.2 Å². The van der Waals surface area contributed by atoms with E-state index < -0.39 is 10.0 Å². The highest BCUT2D eigenvalue weighted by atomic mass is 32.2. The van der Waals surface area contributed by atoms with Crippen molar-refractivity contribution in [2.24, 2.45) is 0 Å². The van der Waals surface area contributed by atoms with Gasteiger partial charge < -0.3 is 5.32 Å². The largest absolute Gasteiger partial charge is 0.322 e. The predicted octanol–water partition coefficient (Wildman–Crippen LogP) is 5.74. The van der Waals surface area contributed by atoms with Gasteiger partial charge in [-0.2, -0.15) is 0 Å². The van der Waals surface area contributed by atoms with Crippen molar-refractivity contribution in [2.45, 2.75) is 22.5 Å². The lowest BCUT2D eigenvalue weighted by Crippen LogP contribution is -2.14. The molecule has 34 heavy (non-hydrogen) atoms. The van der Waals surface area contributed by atoms with E-state index in [-0.39, 0.29) is 16.6 Å². The summed E-state index contributed by atoms with van der Waals surface area (Å²) >= 11 is 1.74. The number of pyridine rings is 1. The van der Waals surface area contributed by atoms with Crippen LogP contribution < -0.4 is 10.0 Å². The third-order valence-corrected chi connectivity index (χ3v) is 7.42. The van der Waals surface area contributed by atoms with Crippen LogP contribution >= 0.6 is 11.8 Å². The molecule has 0 saturated heterocycles. The standard InChI is InChI=1S/C26H23N3O3S2/c1-19-5-13-23(14-6-19)33-18-20-7-9-21(10-8-20)26(30)28-22-11-15-24(16-12-22)34(31,32)29-25-4-2-3-17-27-25/h2-17H,18H2,1H3,(H,27,29)(H,28,30). The molecule has 3 aromatic carbocycles. The topological polar surface area (TPSA) is 88.2 Å². The number of hydrogen-bond acceptors (Lipinski definition) is 5. The van der Waals surface area contributed by atoms with E-state index in [0.717, 1.165) is 11.3 Å². The molecule has 0 bridgehead atoms. The highest BCUT2D eigenvalue weighted by Crippen LogP contribution is 2.23. The maximum atomic E-state index is 12.6. The summed E-state index contributed by atoms with van der Waals surface area (Å²) < 4.78 is 27.4. The summed E-state index contributed by atoms with van der Waals surface area (Å²) in [6, 6.07) is 26.8. The predicted molar refractivity (Wildman–Crippen MR) is 137 cm³/mol. The Hall–Kier alpha value is -3.62. The number of amides is 1. The van der Waals surface area contributed by atoms with Gasteiger partial charge in [0.05, 0.1) is 4.90 Å². The molecule has 172 valence electrons. The highest BCUT2D eigenvalue weighted by molar-refractivity contribution is 7.98. The number of nitrogens with one attached hydrogen (secondary N) is 2. The molecule has 2 N–H and O–H groups in total. The van der Waals surface area contributed by atoms with Crippen LogP contribution in [0.5, 0.6) is 0 Å². The molecule has 0 aliphatic rings. The van der Waals surface area contributed by atoms with Crippen LogP contribution in [-0.2, 0) is 15.8 Å². The minimum absolute atomic E-state index is 0.0755. The number of aryl methyl sites for hydroxylation is 1. The lowest BCUT2D eigenvalue weighted by atomic mass is 10.1. The highest BCUT2D eigenvalue weighted by Gasteiger charge is 2.15. The summed E-state index contributed by atoms with van der Waals surface area (Å²) in [5, 5.41) is 2.80. The fourth-order valence-electron chi connectivity index (χ4n) is 3.09. The Labute approximate surface area is 203 Å². The number of benzene rings is 3. The van der Waals surface area contributed by atoms with Crippen LogP contribution in [0.2, 0.25) is 0 Å². The van der Waals surface area contributed by atoms with Crippen molar-refractivity contribution >= 4 is 39.2 Å². The summed E-state index contributed by atoms with van der Waals surface area (Å²) in [5.74, 6) is 0.786. The Kier molecular flexibility index (Phi) is 7.30. The van der Waals surface area contributed by atoms with Crippen LogP contribution in [0.3, 0.4) is 0 Å². The number of anilines is 2. The fraction of sp³-hybridized carbons (Fsp3) is 0.0769. The van der Waals surface area contributed by atoms with Crippen molar-refractivity contribution in [2.75, 3.05) is 10.0 Å². The van der Waals surface area contributed by atoms with Crippen molar-refractivity contribution in [3.05, 3.63) is 114 Å². The second kappa shape index (κ2) is 10.5. The number of sulfonamides is 1. The van der Waals surface area contributed by atoms with E-state index in [1.807, 2.05) is 12.1 Å². The molecule has 1 amide bonds. The second-order valence-electron chi connectivity index (χ2n) is 7.60. The Morgan fingerprint density at radius 1 is 0.882 bits per heavy atom. The van der Waals surface area contributed by atoms with Crippen LogP contribution in [-0.4, -0.2) is 19.3 Å². The molecule has 0 radical (unpaired) electrons. The molecule has 0 atom stereocenters. The zero-order valence-electron chi connectivity index (χ0n) is 18.4. The molecule has 1 aromatic heterocycles. The van der Waals surface area contributed by atoms with Gasteiger partial charge in [-0.3, -0.25) is 9.52 Å². The van der Waals surface area contributed by atoms with Crippen LogP contribution in [0, 0.1) is 6.92 Å². The lowest BCUT2D eigenvalue weighted by Gasteiger charge is -2.09. The van der Waals surface area contributed by atoms with Crippen molar-refractivity contribution in [3.8, 4) is 0 Å². The van der Waals surface area contributed by atoms with E-state index in [1.165, 1.54) is 28.8 Å². The number of nitrogens with zero attached hydrogens (tertiary/aromatic N) is 1. The van der Waals surface area contributed by atoms with Gasteiger partial charge in [-0.05, 0) is 73.2 Å². The zero-order chi connectivity index (χ0) is 24.0. The van der Waals surface area contributed by atoms with Crippen molar-refractivity contribution in [1.29, 1.82) is 0 Å². The van der Waals surface area contributed by atoms with Gasteiger partial charge in [-0.1, -0.05) is 35.9 Å². The molecule has 4 aromatic rings. The van der Waals surface area contributed by atoms with Gasteiger partial charge in [0.15, 0.2) is 0 Å². The minimum Gasteiger partial charge on any atom is -0.322 e. The molecule has 0 spiro atoms. The van der Waals surface area contributed by atoms with E-state index >= 15 is 0 Å². The Bertz CT molecular complexity index is 1360. The normalized spacial score (nSPS) is 11.1.